The van der Waals surface area contributed by atoms with E-state index in [0.717, 1.165) is 34.7 Å². The molecule has 1 saturated heterocycles. The Bertz CT molecular complexity index is 527. The van der Waals surface area contributed by atoms with Gasteiger partial charge in [0.1, 0.15) is 11.3 Å². The van der Waals surface area contributed by atoms with Gasteiger partial charge in [-0.15, -0.1) is 0 Å². The van der Waals surface area contributed by atoms with E-state index < -0.39 is 5.60 Å². The molecule has 1 aromatic carbocycles. The third kappa shape index (κ3) is 2.81. The van der Waals surface area contributed by atoms with Crippen molar-refractivity contribution in [3.63, 3.8) is 0 Å². The summed E-state index contributed by atoms with van der Waals surface area (Å²) in [5.74, 6) is 2.81. The monoisotopic (exact) mass is 277 g/mol. The number of thioether (sulfide) groups is 1. The highest BCUT2D eigenvalue weighted by Gasteiger charge is 2.31. The lowest BCUT2D eigenvalue weighted by Crippen LogP contribution is -2.41. The van der Waals surface area contributed by atoms with Crippen molar-refractivity contribution in [1.82, 2.24) is 5.32 Å². The predicted molar refractivity (Wildman–Crippen MR) is 79.5 cm³/mol. The van der Waals surface area contributed by atoms with Crippen LogP contribution in [-0.4, -0.2) is 28.8 Å². The molecule has 3 nitrogen and oxygen atoms in total. The minimum atomic E-state index is -0.551. The van der Waals surface area contributed by atoms with Gasteiger partial charge in [0.2, 0.25) is 0 Å². The molecule has 0 unspecified atom stereocenters. The van der Waals surface area contributed by atoms with Gasteiger partial charge in [-0.1, -0.05) is 18.2 Å². The van der Waals surface area contributed by atoms with Crippen LogP contribution in [0.5, 0.6) is 0 Å². The van der Waals surface area contributed by atoms with Crippen LogP contribution >= 0.6 is 11.8 Å². The van der Waals surface area contributed by atoms with E-state index in [-0.39, 0.29) is 6.04 Å². The Morgan fingerprint density at radius 3 is 3.05 bits per heavy atom. The van der Waals surface area contributed by atoms with E-state index >= 15 is 0 Å². The summed E-state index contributed by atoms with van der Waals surface area (Å²) in [6.07, 6.45) is 0.873. The number of nitrogens with one attached hydrogen (secondary N) is 1. The molecule has 4 heteroatoms. The Labute approximate surface area is 117 Å². The van der Waals surface area contributed by atoms with Crippen LogP contribution in [0.2, 0.25) is 0 Å². The Morgan fingerprint density at radius 2 is 2.32 bits per heavy atom. The molecule has 19 heavy (non-hydrogen) atoms. The maximum absolute atomic E-state index is 10.3. The van der Waals surface area contributed by atoms with Crippen molar-refractivity contribution in [2.75, 3.05) is 18.1 Å². The van der Waals surface area contributed by atoms with Crippen LogP contribution in [0.3, 0.4) is 0 Å². The fourth-order valence-corrected chi connectivity index (χ4v) is 3.69. The molecule has 2 N–H and O–H groups in total. The first-order valence-corrected chi connectivity index (χ1v) is 7.84. The van der Waals surface area contributed by atoms with Gasteiger partial charge in [0.15, 0.2) is 0 Å². The second kappa shape index (κ2) is 5.19. The fraction of sp³-hybridized carbons (Fsp3) is 0.467. The summed E-state index contributed by atoms with van der Waals surface area (Å²) in [6.45, 7) is 2.70. The molecule has 2 atom stereocenters. The Kier molecular flexibility index (Phi) is 3.56. The lowest BCUT2D eigenvalue weighted by molar-refractivity contribution is 0.0645. The number of para-hydroxylation sites is 1. The lowest BCUT2D eigenvalue weighted by atomic mass is 10.0. The van der Waals surface area contributed by atoms with Crippen LogP contribution in [-0.2, 0) is 0 Å². The first kappa shape index (κ1) is 13.0. The number of aliphatic hydroxyl groups is 1. The number of hydrogen-bond donors (Lipinski definition) is 2. The Balaban J connectivity index is 1.68. The van der Waals surface area contributed by atoms with Gasteiger partial charge in [-0.05, 0) is 31.2 Å². The molecule has 1 aliphatic rings. The lowest BCUT2D eigenvalue weighted by Gasteiger charge is -2.23. The normalized spacial score (nSPS) is 24.9. The molecule has 0 aliphatic carbocycles. The largest absolute Gasteiger partial charge is 0.459 e. The molecule has 102 valence electrons. The van der Waals surface area contributed by atoms with Gasteiger partial charge in [0.05, 0.1) is 11.6 Å². The second-order valence-electron chi connectivity index (χ2n) is 5.32. The van der Waals surface area contributed by atoms with Crippen LogP contribution < -0.4 is 5.32 Å². The fourth-order valence-electron chi connectivity index (χ4n) is 2.40. The average molecular weight is 277 g/mol. The maximum atomic E-state index is 10.3. The van der Waals surface area contributed by atoms with Crippen molar-refractivity contribution in [2.45, 2.75) is 25.0 Å². The molecule has 2 heterocycles. The smallest absolute Gasteiger partial charge is 0.134 e. The Morgan fingerprint density at radius 1 is 1.47 bits per heavy atom. The van der Waals surface area contributed by atoms with Crippen molar-refractivity contribution in [2.24, 2.45) is 0 Å². The van der Waals surface area contributed by atoms with Crippen LogP contribution in [0.25, 0.3) is 11.0 Å². The minimum absolute atomic E-state index is 0.113. The number of benzene rings is 1. The summed E-state index contributed by atoms with van der Waals surface area (Å²) in [5, 5.41) is 14.8. The van der Waals surface area contributed by atoms with Crippen molar-refractivity contribution < 1.29 is 9.52 Å². The van der Waals surface area contributed by atoms with Crippen molar-refractivity contribution in [1.29, 1.82) is 0 Å². The van der Waals surface area contributed by atoms with Crippen LogP contribution in [0, 0.1) is 0 Å². The number of hydrogen-bond acceptors (Lipinski definition) is 4. The molecular formula is C15H19NO2S. The Hall–Kier alpha value is -0.970. The third-order valence-corrected chi connectivity index (χ3v) is 4.93. The summed E-state index contributed by atoms with van der Waals surface area (Å²) < 4.78 is 5.83. The standard InChI is InChI=1S/C15H19NO2S/c1-11(16-9-15(17)6-7-19-10-15)14-8-12-4-2-3-5-13(12)18-14/h2-5,8,11,16-17H,6-7,9-10H2,1H3/t11-,15+/m1/s1. The van der Waals surface area contributed by atoms with E-state index in [4.69, 9.17) is 4.42 Å². The van der Waals surface area contributed by atoms with Gasteiger partial charge >= 0.3 is 0 Å². The van der Waals surface area contributed by atoms with Crippen LogP contribution in [0.1, 0.15) is 25.1 Å². The molecule has 1 fully saturated rings. The highest BCUT2D eigenvalue weighted by Crippen LogP contribution is 2.28. The van der Waals surface area contributed by atoms with Gasteiger partial charge in [-0.25, -0.2) is 0 Å². The van der Waals surface area contributed by atoms with E-state index in [2.05, 4.69) is 24.4 Å². The van der Waals surface area contributed by atoms with Gasteiger partial charge in [0, 0.05) is 17.7 Å². The molecular weight excluding hydrogens is 258 g/mol. The van der Waals surface area contributed by atoms with Gasteiger partial charge in [-0.2, -0.15) is 11.8 Å². The van der Waals surface area contributed by atoms with Gasteiger partial charge in [0.25, 0.3) is 0 Å². The van der Waals surface area contributed by atoms with Gasteiger partial charge < -0.3 is 14.8 Å². The van der Waals surface area contributed by atoms with E-state index in [1.54, 1.807) is 0 Å². The summed E-state index contributed by atoms with van der Waals surface area (Å²) >= 11 is 1.82. The maximum Gasteiger partial charge on any atom is 0.134 e. The summed E-state index contributed by atoms with van der Waals surface area (Å²) in [5.41, 5.74) is 0.367. The number of rotatable bonds is 4. The third-order valence-electron chi connectivity index (χ3n) is 3.69. The van der Waals surface area contributed by atoms with Crippen LogP contribution in [0.15, 0.2) is 34.7 Å². The second-order valence-corrected chi connectivity index (χ2v) is 6.42. The molecule has 1 aliphatic heterocycles. The minimum Gasteiger partial charge on any atom is -0.459 e. The molecule has 0 spiro atoms. The molecule has 0 amide bonds. The summed E-state index contributed by atoms with van der Waals surface area (Å²) in [6, 6.07) is 10.2. The zero-order valence-electron chi connectivity index (χ0n) is 11.1. The zero-order chi connectivity index (χ0) is 13.3. The number of furan rings is 1. The molecule has 3 rings (SSSR count). The average Bonchev–Trinajstić information content (AvgIpc) is 3.02. The number of fused-ring (bicyclic) bond motifs is 1. The quantitative estimate of drug-likeness (QED) is 0.902. The molecule has 0 radical (unpaired) electrons. The van der Waals surface area contributed by atoms with Crippen LogP contribution in [0.4, 0.5) is 0 Å². The van der Waals surface area contributed by atoms with Crippen molar-refractivity contribution in [3.8, 4) is 0 Å². The molecule has 1 aromatic heterocycles. The highest BCUT2D eigenvalue weighted by molar-refractivity contribution is 7.99. The first-order valence-electron chi connectivity index (χ1n) is 6.68. The molecule has 2 aromatic rings. The summed E-state index contributed by atoms with van der Waals surface area (Å²) in [7, 11) is 0. The first-order chi connectivity index (χ1) is 9.16. The zero-order valence-corrected chi connectivity index (χ0v) is 11.9. The van der Waals surface area contributed by atoms with Crippen molar-refractivity contribution >= 4 is 22.7 Å². The van der Waals surface area contributed by atoms with E-state index in [1.807, 2.05) is 30.0 Å². The summed E-state index contributed by atoms with van der Waals surface area (Å²) in [4.78, 5) is 0. The predicted octanol–water partition coefficient (Wildman–Crippen LogP) is 2.95. The SMILES string of the molecule is C[C@@H](NC[C@@]1(O)CCSC1)c1cc2ccccc2o1. The van der Waals surface area contributed by atoms with E-state index in [9.17, 15) is 5.11 Å². The van der Waals surface area contributed by atoms with E-state index in [1.165, 1.54) is 0 Å². The highest BCUT2D eigenvalue weighted by atomic mass is 32.2. The van der Waals surface area contributed by atoms with Crippen molar-refractivity contribution in [3.05, 3.63) is 36.1 Å². The van der Waals surface area contributed by atoms with Gasteiger partial charge in [-0.3, -0.25) is 0 Å². The molecule has 0 bridgehead atoms. The molecule has 0 saturated carbocycles. The topological polar surface area (TPSA) is 45.4 Å². The van der Waals surface area contributed by atoms with E-state index in [0.29, 0.717) is 6.54 Å².